The number of benzene rings is 2. The van der Waals surface area contributed by atoms with Crippen LogP contribution in [0.1, 0.15) is 30.9 Å². The molecule has 8 heteroatoms. The first-order valence-electron chi connectivity index (χ1n) is 9.13. The molecule has 0 bridgehead atoms. The highest BCUT2D eigenvalue weighted by Gasteiger charge is 2.23. The zero-order chi connectivity index (χ0) is 20.3. The Kier molecular flexibility index (Phi) is 6.89. The van der Waals surface area contributed by atoms with Crippen molar-refractivity contribution in [1.82, 2.24) is 9.62 Å². The third-order valence-electron chi connectivity index (χ3n) is 4.68. The molecule has 1 atom stereocenters. The van der Waals surface area contributed by atoms with Crippen LogP contribution in [-0.2, 0) is 10.0 Å². The number of nitrogens with zero attached hydrogens (tertiary/aromatic N) is 1. The highest BCUT2D eigenvalue weighted by Crippen LogP contribution is 2.28. The lowest BCUT2D eigenvalue weighted by atomic mass is 9.96. The van der Waals surface area contributed by atoms with Gasteiger partial charge in [-0.3, -0.25) is 0 Å². The number of likely N-dealkylation sites (N-methyl/N-ethyl adjacent to an activating group) is 1. The van der Waals surface area contributed by atoms with Crippen molar-refractivity contribution in [3.05, 3.63) is 58.1 Å². The molecule has 2 aromatic carbocycles. The Morgan fingerprint density at radius 3 is 2.32 bits per heavy atom. The third-order valence-corrected chi connectivity index (χ3v) is 6.91. The van der Waals surface area contributed by atoms with Gasteiger partial charge in [-0.2, -0.15) is 0 Å². The van der Waals surface area contributed by atoms with E-state index in [0.29, 0.717) is 22.3 Å². The second kappa shape index (κ2) is 9.01. The maximum atomic E-state index is 12.9. The predicted octanol–water partition coefficient (Wildman–Crippen LogP) is 4.51. The summed E-state index contributed by atoms with van der Waals surface area (Å²) in [6.07, 6.45) is 3.54. The molecule has 28 heavy (non-hydrogen) atoms. The van der Waals surface area contributed by atoms with Gasteiger partial charge in [-0.05, 0) is 75.3 Å². The first kappa shape index (κ1) is 21.4. The van der Waals surface area contributed by atoms with E-state index in [2.05, 4.69) is 4.72 Å². The normalized spacial score (nSPS) is 16.0. The second-order valence-electron chi connectivity index (χ2n) is 7.25. The Bertz CT molecular complexity index is 914. The summed E-state index contributed by atoms with van der Waals surface area (Å²) in [5.41, 5.74) is 0.747. The Labute approximate surface area is 176 Å². The standard InChI is InChI=1S/C20H24Cl2N2O3S/c1-24(2)13-20(14-6-11-18(21)19(22)12-14)23-28(25,26)17-9-7-16(8-10-17)27-15-4-3-5-15/h6-12,15,20,23H,3-5,13H2,1-2H3/t20-/m0/s1. The molecule has 0 spiro atoms. The SMILES string of the molecule is CN(C)C[C@H](NS(=O)(=O)c1ccc(OC2CCC2)cc1)c1ccc(Cl)c(Cl)c1. The third kappa shape index (κ3) is 5.39. The summed E-state index contributed by atoms with van der Waals surface area (Å²) in [5.74, 6) is 0.693. The minimum Gasteiger partial charge on any atom is -0.490 e. The lowest BCUT2D eigenvalue weighted by Gasteiger charge is -2.26. The molecule has 0 heterocycles. The summed E-state index contributed by atoms with van der Waals surface area (Å²) in [5, 5.41) is 0.818. The van der Waals surface area contributed by atoms with E-state index in [1.807, 2.05) is 19.0 Å². The molecule has 1 aliphatic carbocycles. The van der Waals surface area contributed by atoms with Crippen molar-refractivity contribution in [2.45, 2.75) is 36.3 Å². The quantitative estimate of drug-likeness (QED) is 0.653. The highest BCUT2D eigenvalue weighted by atomic mass is 35.5. The van der Waals surface area contributed by atoms with Crippen LogP contribution in [0, 0.1) is 0 Å². The molecule has 5 nitrogen and oxygen atoms in total. The van der Waals surface area contributed by atoms with Gasteiger partial charge in [0.15, 0.2) is 0 Å². The number of nitrogens with one attached hydrogen (secondary N) is 1. The molecule has 0 aromatic heterocycles. The summed E-state index contributed by atoms with van der Waals surface area (Å²) >= 11 is 12.1. The number of hydrogen-bond donors (Lipinski definition) is 1. The van der Waals surface area contributed by atoms with Crippen molar-refractivity contribution in [3.8, 4) is 5.75 Å². The first-order chi connectivity index (χ1) is 13.2. The van der Waals surface area contributed by atoms with Gasteiger partial charge in [0.2, 0.25) is 10.0 Å². The van der Waals surface area contributed by atoms with E-state index in [-0.39, 0.29) is 11.0 Å². The number of halogens is 2. The molecule has 1 fully saturated rings. The van der Waals surface area contributed by atoms with Crippen LogP contribution in [0.2, 0.25) is 10.0 Å². The fourth-order valence-corrected chi connectivity index (χ4v) is 4.46. The van der Waals surface area contributed by atoms with Crippen LogP contribution in [-0.4, -0.2) is 40.1 Å². The topological polar surface area (TPSA) is 58.6 Å². The summed E-state index contributed by atoms with van der Waals surface area (Å²) in [4.78, 5) is 2.10. The van der Waals surface area contributed by atoms with Gasteiger partial charge in [-0.1, -0.05) is 29.3 Å². The Morgan fingerprint density at radius 1 is 1.11 bits per heavy atom. The van der Waals surface area contributed by atoms with Gasteiger partial charge < -0.3 is 9.64 Å². The second-order valence-corrected chi connectivity index (χ2v) is 9.78. The van der Waals surface area contributed by atoms with Crippen LogP contribution in [0.5, 0.6) is 5.75 Å². The van der Waals surface area contributed by atoms with Gasteiger partial charge >= 0.3 is 0 Å². The Balaban J connectivity index is 1.78. The Morgan fingerprint density at radius 2 is 1.79 bits per heavy atom. The van der Waals surface area contributed by atoms with Crippen molar-refractivity contribution in [1.29, 1.82) is 0 Å². The van der Waals surface area contributed by atoms with Gasteiger partial charge in [0.1, 0.15) is 5.75 Å². The van der Waals surface area contributed by atoms with Crippen LogP contribution in [0.25, 0.3) is 0 Å². The van der Waals surface area contributed by atoms with E-state index in [0.717, 1.165) is 18.4 Å². The smallest absolute Gasteiger partial charge is 0.241 e. The number of sulfonamides is 1. The molecule has 152 valence electrons. The summed E-state index contributed by atoms with van der Waals surface area (Å²) in [7, 11) is 0.0394. The van der Waals surface area contributed by atoms with Gasteiger partial charge in [0.25, 0.3) is 0 Å². The molecule has 3 rings (SSSR count). The largest absolute Gasteiger partial charge is 0.490 e. The zero-order valence-electron chi connectivity index (χ0n) is 15.9. The first-order valence-corrected chi connectivity index (χ1v) is 11.4. The molecule has 1 saturated carbocycles. The van der Waals surface area contributed by atoms with Gasteiger partial charge in [-0.15, -0.1) is 0 Å². The number of hydrogen-bond acceptors (Lipinski definition) is 4. The molecule has 0 unspecified atom stereocenters. The molecule has 0 saturated heterocycles. The molecule has 2 aromatic rings. The van der Waals surface area contributed by atoms with Crippen LogP contribution < -0.4 is 9.46 Å². The lowest BCUT2D eigenvalue weighted by molar-refractivity contribution is 0.120. The zero-order valence-corrected chi connectivity index (χ0v) is 18.2. The fourth-order valence-electron chi connectivity index (χ4n) is 2.94. The molecular formula is C20H24Cl2N2O3S. The molecular weight excluding hydrogens is 419 g/mol. The van der Waals surface area contributed by atoms with E-state index < -0.39 is 16.1 Å². The summed E-state index contributed by atoms with van der Waals surface area (Å²) in [6, 6.07) is 11.2. The van der Waals surface area contributed by atoms with E-state index in [4.69, 9.17) is 27.9 Å². The Hall–Kier alpha value is -1.31. The summed E-state index contributed by atoms with van der Waals surface area (Å²) in [6.45, 7) is 0.472. The minimum absolute atomic E-state index is 0.192. The van der Waals surface area contributed by atoms with Crippen molar-refractivity contribution in [3.63, 3.8) is 0 Å². The van der Waals surface area contributed by atoms with Gasteiger partial charge in [0.05, 0.1) is 27.1 Å². The number of rotatable bonds is 8. The van der Waals surface area contributed by atoms with Crippen LogP contribution in [0.4, 0.5) is 0 Å². The maximum absolute atomic E-state index is 12.9. The maximum Gasteiger partial charge on any atom is 0.241 e. The van der Waals surface area contributed by atoms with Crippen LogP contribution in [0.15, 0.2) is 47.4 Å². The molecule has 1 aliphatic rings. The van der Waals surface area contributed by atoms with Crippen LogP contribution in [0.3, 0.4) is 0 Å². The van der Waals surface area contributed by atoms with E-state index in [1.54, 1.807) is 42.5 Å². The van der Waals surface area contributed by atoms with Gasteiger partial charge in [-0.25, -0.2) is 13.1 Å². The molecule has 0 aliphatic heterocycles. The van der Waals surface area contributed by atoms with Crippen molar-refractivity contribution < 1.29 is 13.2 Å². The van der Waals surface area contributed by atoms with E-state index >= 15 is 0 Å². The van der Waals surface area contributed by atoms with Crippen molar-refractivity contribution >= 4 is 33.2 Å². The van der Waals surface area contributed by atoms with Crippen molar-refractivity contribution in [2.24, 2.45) is 0 Å². The van der Waals surface area contributed by atoms with Gasteiger partial charge in [0, 0.05) is 6.54 Å². The minimum atomic E-state index is -3.72. The predicted molar refractivity (Wildman–Crippen MR) is 113 cm³/mol. The van der Waals surface area contributed by atoms with E-state index in [1.165, 1.54) is 6.42 Å². The number of ether oxygens (including phenoxy) is 1. The molecule has 1 N–H and O–H groups in total. The average Bonchev–Trinajstić information content (AvgIpc) is 2.60. The molecule has 0 radical (unpaired) electrons. The highest BCUT2D eigenvalue weighted by molar-refractivity contribution is 7.89. The summed E-state index contributed by atoms with van der Waals surface area (Å²) < 4.78 is 34.4. The van der Waals surface area contributed by atoms with E-state index in [9.17, 15) is 8.42 Å². The fraction of sp³-hybridized carbons (Fsp3) is 0.400. The van der Waals surface area contributed by atoms with Crippen LogP contribution >= 0.6 is 23.2 Å². The van der Waals surface area contributed by atoms with Crippen molar-refractivity contribution in [2.75, 3.05) is 20.6 Å². The molecule has 0 amide bonds. The monoisotopic (exact) mass is 442 g/mol. The average molecular weight is 443 g/mol. The lowest BCUT2D eigenvalue weighted by Crippen LogP contribution is -2.35.